The highest BCUT2D eigenvalue weighted by Crippen LogP contribution is 2.07. The molecule has 17 heavy (non-hydrogen) atoms. The lowest BCUT2D eigenvalue weighted by Gasteiger charge is -2.06. The third-order valence-corrected chi connectivity index (χ3v) is 2.03. The summed E-state index contributed by atoms with van der Waals surface area (Å²) in [7, 11) is 1.59. The molecular weight excluding hydrogens is 218 g/mol. The normalized spacial score (nSPS) is 9.71. The first-order valence-electron chi connectivity index (χ1n) is 5.36. The molecule has 0 unspecified atom stereocenters. The van der Waals surface area contributed by atoms with E-state index in [1.165, 1.54) is 0 Å². The minimum atomic E-state index is -0.204. The number of rotatable bonds is 7. The predicted octanol–water partition coefficient (Wildman–Crippen LogP) is 1.06. The number of aromatic nitrogens is 1. The number of hydrogen-bond donors (Lipinski definition) is 2. The van der Waals surface area contributed by atoms with Crippen LogP contribution in [-0.2, 0) is 4.74 Å². The lowest BCUT2D eigenvalue weighted by Crippen LogP contribution is -2.27. The van der Waals surface area contributed by atoms with Gasteiger partial charge in [-0.1, -0.05) is 6.08 Å². The van der Waals surface area contributed by atoms with Crippen molar-refractivity contribution in [2.75, 3.05) is 32.1 Å². The summed E-state index contributed by atoms with van der Waals surface area (Å²) in [6.45, 7) is 5.22. The number of carbonyl (C=O) groups excluding carboxylic acids is 1. The van der Waals surface area contributed by atoms with Gasteiger partial charge in [0.25, 0.3) is 5.91 Å². The van der Waals surface area contributed by atoms with Gasteiger partial charge in [-0.25, -0.2) is 0 Å². The number of nitrogens with one attached hydrogen (secondary N) is 2. The van der Waals surface area contributed by atoms with Crippen molar-refractivity contribution < 1.29 is 9.53 Å². The third-order valence-electron chi connectivity index (χ3n) is 2.03. The minimum Gasteiger partial charge on any atom is -0.383 e. The van der Waals surface area contributed by atoms with E-state index in [0.29, 0.717) is 25.4 Å². The fourth-order valence-electron chi connectivity index (χ4n) is 1.21. The van der Waals surface area contributed by atoms with Crippen molar-refractivity contribution >= 4 is 11.6 Å². The highest BCUT2D eigenvalue weighted by atomic mass is 16.5. The molecule has 0 fully saturated rings. The molecule has 0 saturated heterocycles. The van der Waals surface area contributed by atoms with E-state index in [1.807, 2.05) is 0 Å². The molecule has 2 N–H and O–H groups in total. The zero-order chi connectivity index (χ0) is 12.5. The summed E-state index contributed by atoms with van der Waals surface area (Å²) in [4.78, 5) is 15.7. The standard InChI is InChI=1S/C12H17N3O2/c1-3-5-13-10-4-6-14-11(9-10)12(16)15-7-8-17-2/h3-4,6,9H,1,5,7-8H2,2H3,(H,13,14)(H,15,16). The maximum atomic E-state index is 11.7. The molecule has 0 aliphatic rings. The molecule has 5 heteroatoms. The molecule has 0 spiro atoms. The van der Waals surface area contributed by atoms with Crippen molar-refractivity contribution in [3.63, 3.8) is 0 Å². The number of pyridine rings is 1. The van der Waals surface area contributed by atoms with Crippen LogP contribution in [0.1, 0.15) is 10.5 Å². The first-order chi connectivity index (χ1) is 8.27. The summed E-state index contributed by atoms with van der Waals surface area (Å²) >= 11 is 0. The second-order valence-corrected chi connectivity index (χ2v) is 3.35. The molecule has 0 aliphatic heterocycles. The highest BCUT2D eigenvalue weighted by molar-refractivity contribution is 5.93. The largest absolute Gasteiger partial charge is 0.383 e. The number of ether oxygens (including phenoxy) is 1. The van der Waals surface area contributed by atoms with E-state index in [2.05, 4.69) is 22.2 Å². The third kappa shape index (κ3) is 4.65. The van der Waals surface area contributed by atoms with Gasteiger partial charge >= 0.3 is 0 Å². The first kappa shape index (κ1) is 13.2. The molecule has 1 rings (SSSR count). The van der Waals surface area contributed by atoms with Crippen LogP contribution >= 0.6 is 0 Å². The maximum Gasteiger partial charge on any atom is 0.270 e. The smallest absolute Gasteiger partial charge is 0.270 e. The van der Waals surface area contributed by atoms with E-state index in [9.17, 15) is 4.79 Å². The van der Waals surface area contributed by atoms with Gasteiger partial charge in [0, 0.05) is 32.1 Å². The van der Waals surface area contributed by atoms with E-state index in [1.54, 1.807) is 31.5 Å². The van der Waals surface area contributed by atoms with Gasteiger partial charge in [0.15, 0.2) is 0 Å². The maximum absolute atomic E-state index is 11.7. The monoisotopic (exact) mass is 235 g/mol. The second kappa shape index (κ2) is 7.40. The summed E-state index contributed by atoms with van der Waals surface area (Å²) in [5.74, 6) is -0.204. The van der Waals surface area contributed by atoms with Gasteiger partial charge in [0.1, 0.15) is 5.69 Å². The zero-order valence-electron chi connectivity index (χ0n) is 9.90. The van der Waals surface area contributed by atoms with Crippen LogP contribution in [-0.4, -0.2) is 37.7 Å². The fourth-order valence-corrected chi connectivity index (χ4v) is 1.21. The Hall–Kier alpha value is -1.88. The van der Waals surface area contributed by atoms with Crippen molar-refractivity contribution in [1.29, 1.82) is 0 Å². The number of anilines is 1. The molecule has 5 nitrogen and oxygen atoms in total. The Bertz CT molecular complexity index is 380. The average molecular weight is 235 g/mol. The van der Waals surface area contributed by atoms with Gasteiger partial charge in [-0.05, 0) is 12.1 Å². The van der Waals surface area contributed by atoms with Crippen molar-refractivity contribution in [3.05, 3.63) is 36.7 Å². The van der Waals surface area contributed by atoms with E-state index < -0.39 is 0 Å². The molecule has 1 amide bonds. The summed E-state index contributed by atoms with van der Waals surface area (Å²) in [5, 5.41) is 5.80. The number of nitrogens with zero attached hydrogens (tertiary/aromatic N) is 1. The lowest BCUT2D eigenvalue weighted by molar-refractivity contribution is 0.0932. The predicted molar refractivity (Wildman–Crippen MR) is 67.1 cm³/mol. The summed E-state index contributed by atoms with van der Waals surface area (Å²) in [6, 6.07) is 3.50. The Morgan fingerprint density at radius 1 is 1.65 bits per heavy atom. The Balaban J connectivity index is 2.57. The Morgan fingerprint density at radius 2 is 2.47 bits per heavy atom. The van der Waals surface area contributed by atoms with Crippen molar-refractivity contribution in [3.8, 4) is 0 Å². The topological polar surface area (TPSA) is 63.2 Å². The fraction of sp³-hybridized carbons (Fsp3) is 0.333. The van der Waals surface area contributed by atoms with Crippen LogP contribution in [0, 0.1) is 0 Å². The van der Waals surface area contributed by atoms with E-state index >= 15 is 0 Å². The summed E-state index contributed by atoms with van der Waals surface area (Å²) < 4.78 is 4.85. The van der Waals surface area contributed by atoms with Gasteiger partial charge in [-0.3, -0.25) is 9.78 Å². The van der Waals surface area contributed by atoms with Crippen molar-refractivity contribution in [1.82, 2.24) is 10.3 Å². The Morgan fingerprint density at radius 3 is 3.18 bits per heavy atom. The van der Waals surface area contributed by atoms with Gasteiger partial charge in [0.2, 0.25) is 0 Å². The van der Waals surface area contributed by atoms with Gasteiger partial charge in [-0.15, -0.1) is 6.58 Å². The van der Waals surface area contributed by atoms with Crippen LogP contribution in [0.2, 0.25) is 0 Å². The number of carbonyl (C=O) groups is 1. The summed E-state index contributed by atoms with van der Waals surface area (Å²) in [6.07, 6.45) is 3.34. The van der Waals surface area contributed by atoms with Gasteiger partial charge < -0.3 is 15.4 Å². The van der Waals surface area contributed by atoms with E-state index in [0.717, 1.165) is 5.69 Å². The van der Waals surface area contributed by atoms with E-state index in [-0.39, 0.29) is 5.91 Å². The molecule has 1 heterocycles. The van der Waals surface area contributed by atoms with Crippen molar-refractivity contribution in [2.45, 2.75) is 0 Å². The summed E-state index contributed by atoms with van der Waals surface area (Å²) in [5.41, 5.74) is 1.23. The van der Waals surface area contributed by atoms with Crippen LogP contribution < -0.4 is 10.6 Å². The highest BCUT2D eigenvalue weighted by Gasteiger charge is 2.06. The zero-order valence-corrected chi connectivity index (χ0v) is 9.90. The SMILES string of the molecule is C=CCNc1ccnc(C(=O)NCCOC)c1. The molecule has 0 aliphatic carbocycles. The molecule has 0 saturated carbocycles. The second-order valence-electron chi connectivity index (χ2n) is 3.35. The molecule has 0 aromatic carbocycles. The molecule has 1 aromatic heterocycles. The Kier molecular flexibility index (Phi) is 5.74. The molecule has 1 aromatic rings. The van der Waals surface area contributed by atoms with Gasteiger partial charge in [0.05, 0.1) is 6.61 Å². The molecule has 0 radical (unpaired) electrons. The van der Waals surface area contributed by atoms with Crippen LogP contribution in [0.25, 0.3) is 0 Å². The number of amides is 1. The molecule has 0 bridgehead atoms. The first-order valence-corrected chi connectivity index (χ1v) is 5.36. The van der Waals surface area contributed by atoms with Crippen LogP contribution in [0.3, 0.4) is 0 Å². The molecule has 92 valence electrons. The van der Waals surface area contributed by atoms with Crippen molar-refractivity contribution in [2.24, 2.45) is 0 Å². The van der Waals surface area contributed by atoms with Crippen LogP contribution in [0.5, 0.6) is 0 Å². The number of hydrogen-bond acceptors (Lipinski definition) is 4. The van der Waals surface area contributed by atoms with Crippen LogP contribution in [0.15, 0.2) is 31.0 Å². The quantitative estimate of drug-likeness (QED) is 0.548. The van der Waals surface area contributed by atoms with Gasteiger partial charge in [-0.2, -0.15) is 0 Å². The lowest BCUT2D eigenvalue weighted by atomic mass is 10.3. The van der Waals surface area contributed by atoms with Crippen LogP contribution in [0.4, 0.5) is 5.69 Å². The molecular formula is C12H17N3O2. The Labute approximate surface area is 101 Å². The molecule has 0 atom stereocenters. The minimum absolute atomic E-state index is 0.204. The number of methoxy groups -OCH3 is 1. The average Bonchev–Trinajstić information content (AvgIpc) is 2.37. The van der Waals surface area contributed by atoms with E-state index in [4.69, 9.17) is 4.74 Å².